The lowest BCUT2D eigenvalue weighted by Crippen LogP contribution is -2.22. The molecule has 0 amide bonds. The SMILES string of the molecule is CNc1cc(N(O)Cl)c2ccc3c(N(O)Oc4ccccc4)cc(O)c4ccc1c2c43. The number of anilines is 3. The molecule has 0 aromatic heterocycles. The summed E-state index contributed by atoms with van der Waals surface area (Å²) in [6.45, 7) is 0. The van der Waals surface area contributed by atoms with Gasteiger partial charge in [0, 0.05) is 62.9 Å². The van der Waals surface area contributed by atoms with Crippen molar-refractivity contribution >= 4 is 61.2 Å². The lowest BCUT2D eigenvalue weighted by molar-refractivity contribution is 0.0518. The number of phenolic OH excluding ortho intramolecular Hbond substituents is 1. The molecule has 156 valence electrons. The minimum absolute atomic E-state index is 0.0178. The van der Waals surface area contributed by atoms with Gasteiger partial charge in [0.05, 0.1) is 5.69 Å². The molecule has 0 aliphatic rings. The Kier molecular flexibility index (Phi) is 4.51. The third-order valence-electron chi connectivity index (χ3n) is 5.44. The van der Waals surface area contributed by atoms with Crippen molar-refractivity contribution in [1.29, 1.82) is 0 Å². The number of hydrogen-bond acceptors (Lipinski definition) is 7. The number of hydrogen-bond donors (Lipinski definition) is 4. The molecule has 0 spiro atoms. The molecule has 31 heavy (non-hydrogen) atoms. The second-order valence-electron chi connectivity index (χ2n) is 7.12. The molecule has 0 saturated heterocycles. The van der Waals surface area contributed by atoms with E-state index in [0.29, 0.717) is 42.8 Å². The predicted octanol–water partition coefficient (Wildman–Crippen LogP) is 5.87. The molecule has 5 aromatic carbocycles. The highest BCUT2D eigenvalue weighted by Gasteiger charge is 2.21. The van der Waals surface area contributed by atoms with Crippen LogP contribution in [-0.2, 0) is 0 Å². The number of nitrogens with one attached hydrogen (secondary N) is 1. The molecule has 0 aliphatic heterocycles. The smallest absolute Gasteiger partial charge is 0.158 e. The van der Waals surface area contributed by atoms with Gasteiger partial charge in [-0.15, -0.1) is 0 Å². The Morgan fingerprint density at radius 3 is 2.10 bits per heavy atom. The van der Waals surface area contributed by atoms with Crippen molar-refractivity contribution < 1.29 is 20.4 Å². The van der Waals surface area contributed by atoms with Crippen LogP contribution in [0.4, 0.5) is 17.1 Å². The maximum absolute atomic E-state index is 10.8. The topological polar surface area (TPSA) is 88.4 Å². The first kappa shape index (κ1) is 19.3. The van der Waals surface area contributed by atoms with Gasteiger partial charge in [-0.25, -0.2) is 0 Å². The quantitative estimate of drug-likeness (QED) is 0.156. The number of aromatic hydroxyl groups is 1. The van der Waals surface area contributed by atoms with Crippen molar-refractivity contribution in [3.63, 3.8) is 0 Å². The average Bonchev–Trinajstić information content (AvgIpc) is 2.78. The van der Waals surface area contributed by atoms with Crippen molar-refractivity contribution in [3.05, 3.63) is 66.7 Å². The molecular weight excluding hydrogens is 418 g/mol. The number of phenols is 1. The lowest BCUT2D eigenvalue weighted by atomic mass is 9.91. The second-order valence-corrected chi connectivity index (χ2v) is 7.44. The molecule has 0 saturated carbocycles. The number of rotatable bonds is 5. The van der Waals surface area contributed by atoms with E-state index in [0.717, 1.165) is 16.5 Å². The summed E-state index contributed by atoms with van der Waals surface area (Å²) in [5, 5.41) is 39.5. The highest BCUT2D eigenvalue weighted by molar-refractivity contribution is 6.33. The van der Waals surface area contributed by atoms with Crippen molar-refractivity contribution in [2.75, 3.05) is 22.2 Å². The highest BCUT2D eigenvalue weighted by atomic mass is 35.5. The van der Waals surface area contributed by atoms with Gasteiger partial charge in [-0.3, -0.25) is 10.4 Å². The summed E-state index contributed by atoms with van der Waals surface area (Å²) >= 11 is 5.90. The summed E-state index contributed by atoms with van der Waals surface area (Å²) in [4.78, 5) is 5.55. The summed E-state index contributed by atoms with van der Waals surface area (Å²) in [5.41, 5.74) is 1.41. The molecule has 0 heterocycles. The lowest BCUT2D eigenvalue weighted by Gasteiger charge is -2.23. The standard InChI is InChI=1S/C23H18ClN3O4/c1-25-18-11-19(26(24)29)15-8-9-16-20(27(30)31-13-5-3-2-4-6-13)12-21(28)17-10-7-14(18)22(15)23(16)17/h2-12,25,28-30H,1H3. The van der Waals surface area contributed by atoms with Crippen LogP contribution in [0.25, 0.3) is 32.3 Å². The van der Waals surface area contributed by atoms with Gasteiger partial charge in [-0.2, -0.15) is 4.58 Å². The number of halogens is 1. The molecule has 5 rings (SSSR count). The van der Waals surface area contributed by atoms with Crippen LogP contribution in [0.2, 0.25) is 0 Å². The normalized spacial score (nSPS) is 11.4. The summed E-state index contributed by atoms with van der Waals surface area (Å²) in [6.07, 6.45) is 0. The second kappa shape index (κ2) is 7.24. The number of para-hydroxylation sites is 1. The summed E-state index contributed by atoms with van der Waals surface area (Å²) in [6, 6.07) is 19.3. The minimum atomic E-state index is -0.0178. The fourth-order valence-electron chi connectivity index (χ4n) is 4.09. The number of benzene rings is 5. The fraction of sp³-hybridized carbons (Fsp3) is 0.0435. The molecule has 0 aliphatic carbocycles. The molecule has 0 radical (unpaired) electrons. The molecular formula is C23H18ClN3O4. The molecule has 0 bridgehead atoms. The van der Waals surface area contributed by atoms with E-state index in [4.69, 9.17) is 16.6 Å². The maximum atomic E-state index is 10.8. The average molecular weight is 436 g/mol. The van der Waals surface area contributed by atoms with Crippen molar-refractivity contribution in [2.24, 2.45) is 0 Å². The molecule has 4 N–H and O–H groups in total. The van der Waals surface area contributed by atoms with Gasteiger partial charge in [0.2, 0.25) is 0 Å². The van der Waals surface area contributed by atoms with Crippen LogP contribution in [0.15, 0.2) is 66.7 Å². The molecule has 5 aromatic rings. The van der Waals surface area contributed by atoms with Gasteiger partial charge < -0.3 is 15.3 Å². The van der Waals surface area contributed by atoms with E-state index in [1.807, 2.05) is 18.2 Å². The van der Waals surface area contributed by atoms with Crippen LogP contribution in [0, 0.1) is 0 Å². The molecule has 0 atom stereocenters. The van der Waals surface area contributed by atoms with E-state index in [9.17, 15) is 15.5 Å². The van der Waals surface area contributed by atoms with Crippen molar-refractivity contribution in [2.45, 2.75) is 0 Å². The van der Waals surface area contributed by atoms with E-state index < -0.39 is 0 Å². The van der Waals surface area contributed by atoms with Crippen LogP contribution >= 0.6 is 11.8 Å². The van der Waals surface area contributed by atoms with E-state index >= 15 is 0 Å². The van der Waals surface area contributed by atoms with Crippen LogP contribution in [0.3, 0.4) is 0 Å². The van der Waals surface area contributed by atoms with Gasteiger partial charge in [-0.1, -0.05) is 41.6 Å². The molecule has 8 heteroatoms. The van der Waals surface area contributed by atoms with Gasteiger partial charge >= 0.3 is 0 Å². The van der Waals surface area contributed by atoms with Gasteiger partial charge in [0.1, 0.15) is 11.4 Å². The maximum Gasteiger partial charge on any atom is 0.158 e. The van der Waals surface area contributed by atoms with Crippen LogP contribution < -0.4 is 20.0 Å². The van der Waals surface area contributed by atoms with Gasteiger partial charge in [-0.05, 0) is 24.3 Å². The Bertz CT molecular complexity index is 1410. The first-order chi connectivity index (χ1) is 15.0. The Labute approximate surface area is 182 Å². The summed E-state index contributed by atoms with van der Waals surface area (Å²) in [7, 11) is 1.78. The largest absolute Gasteiger partial charge is 0.507 e. The highest BCUT2D eigenvalue weighted by Crippen LogP contribution is 2.47. The molecule has 0 fully saturated rings. The van der Waals surface area contributed by atoms with Gasteiger partial charge in [0.25, 0.3) is 0 Å². The van der Waals surface area contributed by atoms with Crippen LogP contribution in [-0.4, -0.2) is 22.6 Å². The molecule has 7 nitrogen and oxygen atoms in total. The van der Waals surface area contributed by atoms with Crippen LogP contribution in [0.5, 0.6) is 11.5 Å². The van der Waals surface area contributed by atoms with E-state index in [-0.39, 0.29) is 11.4 Å². The Balaban J connectivity index is 1.83. The van der Waals surface area contributed by atoms with E-state index in [1.54, 1.807) is 49.5 Å². The molecule has 0 unspecified atom stereocenters. The first-order valence-corrected chi connectivity index (χ1v) is 9.85. The van der Waals surface area contributed by atoms with Crippen molar-refractivity contribution in [3.8, 4) is 11.5 Å². The van der Waals surface area contributed by atoms with E-state index in [2.05, 4.69) is 5.32 Å². The van der Waals surface area contributed by atoms with Gasteiger partial charge in [0.15, 0.2) is 5.75 Å². The van der Waals surface area contributed by atoms with E-state index in [1.165, 1.54) is 6.07 Å². The van der Waals surface area contributed by atoms with Crippen LogP contribution in [0.1, 0.15) is 0 Å². The monoisotopic (exact) mass is 435 g/mol. The first-order valence-electron chi connectivity index (χ1n) is 9.51. The summed E-state index contributed by atoms with van der Waals surface area (Å²) < 4.78 is 0.546. The zero-order valence-electron chi connectivity index (χ0n) is 16.4. The number of nitrogens with zero attached hydrogens (tertiary/aromatic N) is 2. The fourth-order valence-corrected chi connectivity index (χ4v) is 4.23. The van der Waals surface area contributed by atoms with Crippen molar-refractivity contribution in [1.82, 2.24) is 0 Å². The zero-order chi connectivity index (χ0) is 21.7. The Morgan fingerprint density at radius 1 is 0.806 bits per heavy atom. The predicted molar refractivity (Wildman–Crippen MR) is 123 cm³/mol. The zero-order valence-corrected chi connectivity index (χ0v) is 17.1. The minimum Gasteiger partial charge on any atom is -0.507 e. The Hall–Kier alpha value is -3.65. The third kappa shape index (κ3) is 2.98. The third-order valence-corrected chi connectivity index (χ3v) is 5.62. The summed E-state index contributed by atoms with van der Waals surface area (Å²) in [5.74, 6) is 0.420. The Morgan fingerprint density at radius 2 is 1.42 bits per heavy atom.